The normalized spacial score (nSPS) is 17.3. The number of carbonyl (C=O) groups is 1. The molecule has 1 amide bonds. The molecule has 1 fully saturated rings. The largest absolute Gasteiger partial charge is 0.405 e. The lowest BCUT2D eigenvalue weighted by Gasteiger charge is -2.05. The van der Waals surface area contributed by atoms with Crippen LogP contribution in [0.2, 0.25) is 5.02 Å². The summed E-state index contributed by atoms with van der Waals surface area (Å²) in [4.78, 5) is 12.1. The lowest BCUT2D eigenvalue weighted by molar-refractivity contribution is -0.116. The molecule has 26 heavy (non-hydrogen) atoms. The Kier molecular flexibility index (Phi) is 5.90. The molecule has 8 nitrogen and oxygen atoms in total. The molecule has 10 heteroatoms. The fourth-order valence-electron chi connectivity index (χ4n) is 2.55. The van der Waals surface area contributed by atoms with Crippen molar-refractivity contribution < 1.29 is 22.4 Å². The van der Waals surface area contributed by atoms with Gasteiger partial charge in [-0.25, -0.2) is 8.42 Å². The fourth-order valence-corrected chi connectivity index (χ4v) is 3.99. The van der Waals surface area contributed by atoms with Crippen LogP contribution in [0.5, 0.6) is 0 Å². The number of anilines is 1. The second-order valence-electron chi connectivity index (χ2n) is 5.87. The van der Waals surface area contributed by atoms with Crippen molar-refractivity contribution in [2.45, 2.75) is 36.7 Å². The van der Waals surface area contributed by atoms with E-state index in [0.29, 0.717) is 17.5 Å². The zero-order chi connectivity index (χ0) is 18.6. The minimum Gasteiger partial charge on any atom is -0.405 e. The topological polar surface area (TPSA) is 111 Å². The molecule has 1 aliphatic heterocycles. The van der Waals surface area contributed by atoms with E-state index in [1.165, 1.54) is 24.3 Å². The molecule has 1 N–H and O–H groups in total. The summed E-state index contributed by atoms with van der Waals surface area (Å²) in [7, 11) is -3.46. The molecule has 1 saturated heterocycles. The Balaban J connectivity index is 1.47. The molecule has 3 rings (SSSR count). The van der Waals surface area contributed by atoms with Crippen molar-refractivity contribution in [3.63, 3.8) is 0 Å². The van der Waals surface area contributed by atoms with Gasteiger partial charge in [0.05, 0.1) is 10.6 Å². The predicted molar refractivity (Wildman–Crippen MR) is 93.6 cm³/mol. The van der Waals surface area contributed by atoms with Gasteiger partial charge in [0.25, 0.3) is 0 Å². The summed E-state index contributed by atoms with van der Waals surface area (Å²) in [6, 6.07) is 5.91. The van der Waals surface area contributed by atoms with Gasteiger partial charge in [-0.3, -0.25) is 10.1 Å². The van der Waals surface area contributed by atoms with Crippen LogP contribution in [0.3, 0.4) is 0 Å². The van der Waals surface area contributed by atoms with Crippen molar-refractivity contribution in [2.75, 3.05) is 17.7 Å². The minimum atomic E-state index is -3.46. The number of carbonyl (C=O) groups excluding carboxylic acids is 1. The molecule has 0 spiro atoms. The summed E-state index contributed by atoms with van der Waals surface area (Å²) >= 11 is 5.75. The zero-order valence-corrected chi connectivity index (χ0v) is 15.4. The molecule has 1 aromatic heterocycles. The Labute approximate surface area is 155 Å². The van der Waals surface area contributed by atoms with Gasteiger partial charge >= 0.3 is 6.01 Å². The maximum atomic E-state index is 12.2. The SMILES string of the molecule is O=C(CCCS(=O)(=O)c1ccc(Cl)cc1)Nc1nnc(C2CCCO2)o1. The van der Waals surface area contributed by atoms with Crippen molar-refractivity contribution in [1.82, 2.24) is 10.2 Å². The molecule has 1 aliphatic rings. The molecule has 1 aromatic carbocycles. The van der Waals surface area contributed by atoms with Gasteiger partial charge < -0.3 is 9.15 Å². The molecule has 2 heterocycles. The first-order chi connectivity index (χ1) is 12.4. The molecule has 0 bridgehead atoms. The Bertz CT molecular complexity index is 860. The van der Waals surface area contributed by atoms with Crippen LogP contribution in [0, 0.1) is 0 Å². The summed E-state index contributed by atoms with van der Waals surface area (Å²) in [5.41, 5.74) is 0. The Morgan fingerprint density at radius 3 is 2.73 bits per heavy atom. The predicted octanol–water partition coefficient (Wildman–Crippen LogP) is 2.77. The average Bonchev–Trinajstić information content (AvgIpc) is 3.26. The first kappa shape index (κ1) is 18.8. The number of nitrogens with zero attached hydrogens (tertiary/aromatic N) is 2. The quantitative estimate of drug-likeness (QED) is 0.761. The lowest BCUT2D eigenvalue weighted by Crippen LogP contribution is -2.14. The number of nitrogens with one attached hydrogen (secondary N) is 1. The van der Waals surface area contributed by atoms with Gasteiger partial charge in [0.2, 0.25) is 11.8 Å². The van der Waals surface area contributed by atoms with Crippen LogP contribution < -0.4 is 5.32 Å². The van der Waals surface area contributed by atoms with Crippen LogP contribution in [-0.4, -0.2) is 36.9 Å². The van der Waals surface area contributed by atoms with Crippen LogP contribution in [0.4, 0.5) is 6.01 Å². The van der Waals surface area contributed by atoms with Crippen LogP contribution in [0.1, 0.15) is 37.7 Å². The number of sulfone groups is 1. The number of aromatic nitrogens is 2. The summed E-state index contributed by atoms with van der Waals surface area (Å²) in [6.07, 6.45) is 1.70. The van der Waals surface area contributed by atoms with E-state index in [2.05, 4.69) is 15.5 Å². The van der Waals surface area contributed by atoms with Crippen molar-refractivity contribution in [3.05, 3.63) is 35.2 Å². The van der Waals surface area contributed by atoms with Crippen LogP contribution in [-0.2, 0) is 19.4 Å². The highest BCUT2D eigenvalue weighted by molar-refractivity contribution is 7.91. The van der Waals surface area contributed by atoms with E-state index in [4.69, 9.17) is 20.8 Å². The van der Waals surface area contributed by atoms with Crippen molar-refractivity contribution in [1.29, 1.82) is 0 Å². The number of hydrogen-bond donors (Lipinski definition) is 1. The second kappa shape index (κ2) is 8.15. The van der Waals surface area contributed by atoms with E-state index in [-0.39, 0.29) is 41.5 Å². The molecular formula is C16H18ClN3O5S. The molecular weight excluding hydrogens is 382 g/mol. The highest BCUT2D eigenvalue weighted by atomic mass is 35.5. The Morgan fingerprint density at radius 2 is 2.04 bits per heavy atom. The van der Waals surface area contributed by atoms with Crippen molar-refractivity contribution >= 4 is 33.4 Å². The minimum absolute atomic E-state index is 0.0129. The van der Waals surface area contributed by atoms with Crippen molar-refractivity contribution in [3.8, 4) is 0 Å². The number of halogens is 1. The molecule has 1 atom stereocenters. The van der Waals surface area contributed by atoms with Gasteiger partial charge in [0, 0.05) is 18.1 Å². The highest BCUT2D eigenvalue weighted by Gasteiger charge is 2.24. The van der Waals surface area contributed by atoms with Gasteiger partial charge in [0.15, 0.2) is 9.84 Å². The number of ether oxygens (including phenoxy) is 1. The number of amides is 1. The molecule has 2 aromatic rings. The van der Waals surface area contributed by atoms with Crippen LogP contribution in [0.15, 0.2) is 33.6 Å². The number of benzene rings is 1. The Morgan fingerprint density at radius 1 is 1.27 bits per heavy atom. The molecule has 0 saturated carbocycles. The standard InChI is InChI=1S/C16H18ClN3O5S/c17-11-5-7-12(8-6-11)26(22,23)10-2-4-14(21)18-16-20-19-15(25-16)13-3-1-9-24-13/h5-8,13H,1-4,9-10H2,(H,18,20,21). The number of rotatable bonds is 7. The third-order valence-corrected chi connectivity index (χ3v) is 5.95. The van der Waals surface area contributed by atoms with Crippen LogP contribution >= 0.6 is 11.6 Å². The van der Waals surface area contributed by atoms with Gasteiger partial charge in [-0.15, -0.1) is 5.10 Å². The lowest BCUT2D eigenvalue weighted by atomic mass is 10.2. The second-order valence-corrected chi connectivity index (χ2v) is 8.42. The first-order valence-corrected chi connectivity index (χ1v) is 10.2. The summed E-state index contributed by atoms with van der Waals surface area (Å²) < 4.78 is 35.2. The van der Waals surface area contributed by atoms with E-state index < -0.39 is 9.84 Å². The summed E-state index contributed by atoms with van der Waals surface area (Å²) in [6.45, 7) is 0.650. The van der Waals surface area contributed by atoms with Crippen molar-refractivity contribution in [2.24, 2.45) is 0 Å². The van der Waals surface area contributed by atoms with Gasteiger partial charge in [-0.05, 0) is 43.5 Å². The molecule has 140 valence electrons. The summed E-state index contributed by atoms with van der Waals surface area (Å²) in [5, 5.41) is 10.5. The highest BCUT2D eigenvalue weighted by Crippen LogP contribution is 2.28. The fraction of sp³-hybridized carbons (Fsp3) is 0.438. The Hall–Kier alpha value is -1.97. The zero-order valence-electron chi connectivity index (χ0n) is 13.9. The van der Waals surface area contributed by atoms with Gasteiger partial charge in [-0.2, -0.15) is 0 Å². The van der Waals surface area contributed by atoms with Gasteiger partial charge in [-0.1, -0.05) is 16.7 Å². The monoisotopic (exact) mass is 399 g/mol. The molecule has 0 aliphatic carbocycles. The van der Waals surface area contributed by atoms with E-state index >= 15 is 0 Å². The first-order valence-electron chi connectivity index (χ1n) is 8.17. The third-order valence-electron chi connectivity index (χ3n) is 3.88. The number of hydrogen-bond acceptors (Lipinski definition) is 7. The third kappa shape index (κ3) is 4.80. The molecule has 1 unspecified atom stereocenters. The van der Waals surface area contributed by atoms with E-state index in [9.17, 15) is 13.2 Å². The van der Waals surface area contributed by atoms with E-state index in [0.717, 1.165) is 12.8 Å². The average molecular weight is 400 g/mol. The molecule has 0 radical (unpaired) electrons. The van der Waals surface area contributed by atoms with Gasteiger partial charge in [0.1, 0.15) is 6.10 Å². The maximum Gasteiger partial charge on any atom is 0.322 e. The summed E-state index contributed by atoms with van der Waals surface area (Å²) in [5.74, 6) is -0.200. The van der Waals surface area contributed by atoms with E-state index in [1.54, 1.807) is 0 Å². The smallest absolute Gasteiger partial charge is 0.322 e. The van der Waals surface area contributed by atoms with Crippen LogP contribution in [0.25, 0.3) is 0 Å². The van der Waals surface area contributed by atoms with E-state index in [1.807, 2.05) is 0 Å². The maximum absolute atomic E-state index is 12.2.